The zero-order valence-electron chi connectivity index (χ0n) is 18.4. The number of carbonyl (C=O) groups excluding carboxylic acids is 1. The van der Waals surface area contributed by atoms with Gasteiger partial charge in [0.05, 0.1) is 43.6 Å². The number of imidazole rings is 1. The maximum Gasteiger partial charge on any atom is 0.324 e. The number of pyridine rings is 1. The summed E-state index contributed by atoms with van der Waals surface area (Å²) in [6.07, 6.45) is 8.47. The molecule has 1 aromatic carbocycles. The van der Waals surface area contributed by atoms with Crippen molar-refractivity contribution < 1.29 is 14.3 Å². The second-order valence-electron chi connectivity index (χ2n) is 8.55. The molecule has 1 aliphatic rings. The van der Waals surface area contributed by atoms with Crippen LogP contribution >= 0.6 is 0 Å². The Morgan fingerprint density at radius 3 is 2.88 bits per heavy atom. The first-order valence-electron chi connectivity index (χ1n) is 10.6. The van der Waals surface area contributed by atoms with E-state index in [1.807, 2.05) is 41.8 Å². The van der Waals surface area contributed by atoms with Gasteiger partial charge in [-0.2, -0.15) is 0 Å². The van der Waals surface area contributed by atoms with Crippen LogP contribution in [0.25, 0.3) is 16.9 Å². The number of aromatic nitrogens is 4. The van der Waals surface area contributed by atoms with Crippen LogP contribution in [0.15, 0.2) is 61.3 Å². The molecule has 1 saturated heterocycles. The third-order valence-electron chi connectivity index (χ3n) is 5.47. The quantitative estimate of drug-likeness (QED) is 0.463. The SMILES string of the molecule is Cc1cc(-c2cncc(NC(=O)Nc3ccc4nccn4c3)n2)ccc1OCC1(C)COC1. The van der Waals surface area contributed by atoms with Gasteiger partial charge in [-0.25, -0.2) is 14.8 Å². The number of benzene rings is 1. The fraction of sp³-hybridized carbons (Fsp3) is 0.250. The molecule has 0 atom stereocenters. The van der Waals surface area contributed by atoms with Crippen LogP contribution in [-0.4, -0.2) is 45.2 Å². The second kappa shape index (κ2) is 8.51. The average molecular weight is 444 g/mol. The molecule has 9 nitrogen and oxygen atoms in total. The number of nitrogens with zero attached hydrogens (tertiary/aromatic N) is 4. The standard InChI is InChI=1S/C24H24N6O3/c1-16-9-17(3-5-20(16)33-15-24(2)13-32-14-24)19-10-25-11-21(28-19)29-23(31)27-18-4-6-22-26-7-8-30(22)12-18/h3-12H,13-15H2,1-2H3,(H2,27,28,29,31). The molecule has 0 unspecified atom stereocenters. The summed E-state index contributed by atoms with van der Waals surface area (Å²) < 4.78 is 13.1. The van der Waals surface area contributed by atoms with Gasteiger partial charge in [0.25, 0.3) is 0 Å². The number of ether oxygens (including phenoxy) is 2. The van der Waals surface area contributed by atoms with Gasteiger partial charge in [-0.15, -0.1) is 0 Å². The van der Waals surface area contributed by atoms with E-state index >= 15 is 0 Å². The largest absolute Gasteiger partial charge is 0.493 e. The molecular weight excluding hydrogens is 420 g/mol. The summed E-state index contributed by atoms with van der Waals surface area (Å²) in [5.41, 5.74) is 4.07. The topological polar surface area (TPSA) is 103 Å². The number of hydrogen-bond acceptors (Lipinski definition) is 6. The van der Waals surface area contributed by atoms with Gasteiger partial charge in [0, 0.05) is 29.6 Å². The molecule has 3 aromatic heterocycles. The number of anilines is 2. The molecule has 168 valence electrons. The highest BCUT2D eigenvalue weighted by atomic mass is 16.5. The van der Waals surface area contributed by atoms with E-state index in [9.17, 15) is 4.79 Å². The van der Waals surface area contributed by atoms with Crippen LogP contribution in [0.4, 0.5) is 16.3 Å². The van der Waals surface area contributed by atoms with Crippen LogP contribution in [0.3, 0.4) is 0 Å². The van der Waals surface area contributed by atoms with Crippen molar-refractivity contribution >= 4 is 23.2 Å². The highest BCUT2D eigenvalue weighted by molar-refractivity contribution is 5.99. The lowest BCUT2D eigenvalue weighted by Crippen LogP contribution is -2.44. The van der Waals surface area contributed by atoms with Gasteiger partial charge in [-0.3, -0.25) is 10.3 Å². The van der Waals surface area contributed by atoms with Gasteiger partial charge < -0.3 is 19.2 Å². The third-order valence-corrected chi connectivity index (χ3v) is 5.47. The van der Waals surface area contributed by atoms with E-state index < -0.39 is 6.03 Å². The first-order valence-corrected chi connectivity index (χ1v) is 10.6. The van der Waals surface area contributed by atoms with E-state index in [0.717, 1.165) is 35.7 Å². The fourth-order valence-electron chi connectivity index (χ4n) is 3.59. The Labute approximate surface area is 190 Å². The molecule has 4 heterocycles. The van der Waals surface area contributed by atoms with Crippen LogP contribution in [0, 0.1) is 12.3 Å². The monoisotopic (exact) mass is 444 g/mol. The number of urea groups is 1. The summed E-state index contributed by atoms with van der Waals surface area (Å²) in [5, 5.41) is 5.53. The van der Waals surface area contributed by atoms with Crippen LogP contribution < -0.4 is 15.4 Å². The van der Waals surface area contributed by atoms with Crippen molar-refractivity contribution in [2.24, 2.45) is 5.41 Å². The lowest BCUT2D eigenvalue weighted by atomic mass is 9.90. The highest BCUT2D eigenvalue weighted by Gasteiger charge is 2.34. The average Bonchev–Trinajstić information content (AvgIpc) is 3.25. The van der Waals surface area contributed by atoms with Crippen molar-refractivity contribution in [2.75, 3.05) is 30.5 Å². The Balaban J connectivity index is 1.25. The molecule has 1 aliphatic heterocycles. The van der Waals surface area contributed by atoms with Gasteiger partial charge in [-0.1, -0.05) is 6.92 Å². The van der Waals surface area contributed by atoms with Crippen LogP contribution in [-0.2, 0) is 4.74 Å². The third kappa shape index (κ3) is 4.63. The molecule has 0 spiro atoms. The molecule has 5 rings (SSSR count). The Morgan fingerprint density at radius 1 is 1.21 bits per heavy atom. The van der Waals surface area contributed by atoms with E-state index in [-0.39, 0.29) is 5.41 Å². The Bertz CT molecular complexity index is 1310. The maximum absolute atomic E-state index is 12.4. The molecule has 9 heteroatoms. The van der Waals surface area contributed by atoms with Gasteiger partial charge in [0.2, 0.25) is 0 Å². The Hall–Kier alpha value is -3.98. The van der Waals surface area contributed by atoms with Crippen molar-refractivity contribution in [2.45, 2.75) is 13.8 Å². The van der Waals surface area contributed by atoms with E-state index in [1.165, 1.54) is 6.20 Å². The first kappa shape index (κ1) is 20.9. The molecule has 33 heavy (non-hydrogen) atoms. The number of carbonyl (C=O) groups is 1. The molecule has 0 bridgehead atoms. The first-order chi connectivity index (χ1) is 16.0. The van der Waals surface area contributed by atoms with Crippen LogP contribution in [0.5, 0.6) is 5.75 Å². The lowest BCUT2D eigenvalue weighted by molar-refractivity contribution is -0.120. The minimum atomic E-state index is -0.408. The van der Waals surface area contributed by atoms with Crippen LogP contribution in [0.2, 0.25) is 0 Å². The summed E-state index contributed by atoms with van der Waals surface area (Å²) in [6.45, 7) is 6.23. The highest BCUT2D eigenvalue weighted by Crippen LogP contribution is 2.30. The van der Waals surface area contributed by atoms with Crippen molar-refractivity contribution in [3.05, 3.63) is 66.9 Å². The normalized spacial score (nSPS) is 14.5. The molecule has 0 radical (unpaired) electrons. The Morgan fingerprint density at radius 2 is 2.09 bits per heavy atom. The summed E-state index contributed by atoms with van der Waals surface area (Å²) in [5.74, 6) is 1.19. The number of fused-ring (bicyclic) bond motifs is 1. The minimum Gasteiger partial charge on any atom is -0.493 e. The molecule has 2 amide bonds. The molecule has 0 aliphatic carbocycles. The van der Waals surface area contributed by atoms with E-state index in [2.05, 4.69) is 32.5 Å². The number of aryl methyl sites for hydroxylation is 1. The van der Waals surface area contributed by atoms with Crippen molar-refractivity contribution in [3.8, 4) is 17.0 Å². The van der Waals surface area contributed by atoms with E-state index in [4.69, 9.17) is 9.47 Å². The Kier molecular flexibility index (Phi) is 5.39. The molecular formula is C24H24N6O3. The van der Waals surface area contributed by atoms with E-state index in [0.29, 0.717) is 23.8 Å². The van der Waals surface area contributed by atoms with Gasteiger partial charge in [0.1, 0.15) is 11.4 Å². The molecule has 1 fully saturated rings. The predicted octanol–water partition coefficient (Wildman–Crippen LogP) is 4.16. The summed E-state index contributed by atoms with van der Waals surface area (Å²) >= 11 is 0. The van der Waals surface area contributed by atoms with Gasteiger partial charge >= 0.3 is 6.03 Å². The smallest absolute Gasteiger partial charge is 0.324 e. The van der Waals surface area contributed by atoms with Gasteiger partial charge in [0.15, 0.2) is 5.82 Å². The fourth-order valence-corrected chi connectivity index (χ4v) is 3.59. The maximum atomic E-state index is 12.4. The van der Waals surface area contributed by atoms with E-state index in [1.54, 1.807) is 24.7 Å². The zero-order valence-corrected chi connectivity index (χ0v) is 18.4. The number of hydrogen-bond donors (Lipinski definition) is 2. The summed E-state index contributed by atoms with van der Waals surface area (Å²) in [4.78, 5) is 25.4. The van der Waals surface area contributed by atoms with Gasteiger partial charge in [-0.05, 0) is 42.8 Å². The zero-order chi connectivity index (χ0) is 22.8. The van der Waals surface area contributed by atoms with Crippen molar-refractivity contribution in [1.82, 2.24) is 19.4 Å². The molecule has 0 saturated carbocycles. The summed E-state index contributed by atoms with van der Waals surface area (Å²) in [6, 6.07) is 9.09. The minimum absolute atomic E-state index is 0.0850. The van der Waals surface area contributed by atoms with Crippen molar-refractivity contribution in [3.63, 3.8) is 0 Å². The number of amides is 2. The predicted molar refractivity (Wildman–Crippen MR) is 124 cm³/mol. The lowest BCUT2D eigenvalue weighted by Gasteiger charge is -2.37. The van der Waals surface area contributed by atoms with Crippen LogP contribution in [0.1, 0.15) is 12.5 Å². The molecule has 2 N–H and O–H groups in total. The number of nitrogens with one attached hydrogen (secondary N) is 2. The van der Waals surface area contributed by atoms with Crippen molar-refractivity contribution in [1.29, 1.82) is 0 Å². The summed E-state index contributed by atoms with van der Waals surface area (Å²) in [7, 11) is 0. The number of rotatable bonds is 6. The second-order valence-corrected chi connectivity index (χ2v) is 8.55. The molecule has 4 aromatic rings.